The van der Waals surface area contributed by atoms with Gasteiger partial charge in [-0.1, -0.05) is 17.7 Å². The maximum absolute atomic E-state index is 11.8. The number of nitrogens with zero attached hydrogens (tertiary/aromatic N) is 1. The van der Waals surface area contributed by atoms with Gasteiger partial charge in [0, 0.05) is 18.9 Å². The molecule has 1 heterocycles. The molecular formula is C11H15ClN2O3S. The summed E-state index contributed by atoms with van der Waals surface area (Å²) < 4.78 is 31.2. The van der Waals surface area contributed by atoms with Gasteiger partial charge in [0.2, 0.25) is 10.0 Å². The van der Waals surface area contributed by atoms with Crippen LogP contribution in [0.25, 0.3) is 0 Å². The summed E-state index contributed by atoms with van der Waals surface area (Å²) in [6, 6.07) is 1.43. The number of sulfonamides is 1. The van der Waals surface area contributed by atoms with Crippen LogP contribution in [0.5, 0.6) is 0 Å². The summed E-state index contributed by atoms with van der Waals surface area (Å²) in [6.45, 7) is 4.56. The van der Waals surface area contributed by atoms with E-state index in [0.29, 0.717) is 13.2 Å². The third-order valence-corrected chi connectivity index (χ3v) is 3.96. The largest absolute Gasteiger partial charge is 0.380 e. The van der Waals surface area contributed by atoms with E-state index in [2.05, 4.69) is 16.3 Å². The molecule has 0 aromatic carbocycles. The highest BCUT2D eigenvalue weighted by molar-refractivity contribution is 7.89. The molecule has 5 nitrogen and oxygen atoms in total. The lowest BCUT2D eigenvalue weighted by Crippen LogP contribution is -2.27. The molecule has 100 valence electrons. The van der Waals surface area contributed by atoms with Crippen molar-refractivity contribution in [2.75, 3.05) is 19.8 Å². The normalized spacial score (nSPS) is 11.4. The van der Waals surface area contributed by atoms with Gasteiger partial charge >= 0.3 is 0 Å². The average Bonchev–Trinajstić information content (AvgIpc) is 2.34. The zero-order chi connectivity index (χ0) is 13.4. The van der Waals surface area contributed by atoms with Crippen molar-refractivity contribution >= 4 is 21.6 Å². The van der Waals surface area contributed by atoms with Crippen LogP contribution in [-0.4, -0.2) is 33.2 Å². The van der Waals surface area contributed by atoms with Gasteiger partial charge in [-0.25, -0.2) is 13.1 Å². The molecular weight excluding hydrogens is 276 g/mol. The van der Waals surface area contributed by atoms with Crippen molar-refractivity contribution in [1.29, 1.82) is 0 Å². The van der Waals surface area contributed by atoms with Gasteiger partial charge in [-0.3, -0.25) is 4.98 Å². The van der Waals surface area contributed by atoms with Crippen LogP contribution in [0.4, 0.5) is 0 Å². The Morgan fingerprint density at radius 3 is 2.94 bits per heavy atom. The van der Waals surface area contributed by atoms with E-state index in [4.69, 9.17) is 16.3 Å². The first-order valence-corrected chi connectivity index (χ1v) is 7.22. The first-order chi connectivity index (χ1) is 8.58. The lowest BCUT2D eigenvalue weighted by atomic mass is 10.5. The lowest BCUT2D eigenvalue weighted by molar-refractivity contribution is 0.144. The van der Waals surface area contributed by atoms with Crippen LogP contribution in [-0.2, 0) is 14.8 Å². The second-order valence-corrected chi connectivity index (χ2v) is 5.54. The van der Waals surface area contributed by atoms with Crippen molar-refractivity contribution < 1.29 is 13.2 Å². The quantitative estimate of drug-likeness (QED) is 0.583. The van der Waals surface area contributed by atoms with E-state index >= 15 is 0 Å². The molecule has 0 aliphatic carbocycles. The van der Waals surface area contributed by atoms with Crippen LogP contribution in [0.2, 0.25) is 5.02 Å². The van der Waals surface area contributed by atoms with Crippen molar-refractivity contribution in [3.8, 4) is 0 Å². The molecule has 0 saturated heterocycles. The van der Waals surface area contributed by atoms with Gasteiger partial charge in [0.15, 0.2) is 0 Å². The van der Waals surface area contributed by atoms with Gasteiger partial charge in [0.1, 0.15) is 4.90 Å². The van der Waals surface area contributed by atoms with E-state index < -0.39 is 10.0 Å². The maximum atomic E-state index is 11.8. The summed E-state index contributed by atoms with van der Waals surface area (Å²) in [5, 5.41) is 0.144. The Kier molecular flexibility index (Phi) is 6.28. The minimum atomic E-state index is -3.63. The fraction of sp³-hybridized carbons (Fsp3) is 0.364. The Morgan fingerprint density at radius 1 is 1.50 bits per heavy atom. The molecule has 0 bridgehead atoms. The molecule has 1 aromatic rings. The number of nitrogens with one attached hydrogen (secondary N) is 1. The van der Waals surface area contributed by atoms with Crippen molar-refractivity contribution in [3.63, 3.8) is 0 Å². The van der Waals surface area contributed by atoms with Gasteiger partial charge in [-0.05, 0) is 12.5 Å². The second kappa shape index (κ2) is 7.48. The summed E-state index contributed by atoms with van der Waals surface area (Å²) in [7, 11) is -3.63. The number of hydrogen-bond acceptors (Lipinski definition) is 4. The highest BCUT2D eigenvalue weighted by atomic mass is 35.5. The predicted molar refractivity (Wildman–Crippen MR) is 70.1 cm³/mol. The maximum Gasteiger partial charge on any atom is 0.243 e. The fourth-order valence-corrected chi connectivity index (χ4v) is 2.60. The first-order valence-electron chi connectivity index (χ1n) is 5.36. The molecule has 7 heteroatoms. The third kappa shape index (κ3) is 4.73. The van der Waals surface area contributed by atoms with Gasteiger partial charge in [-0.15, -0.1) is 6.58 Å². The van der Waals surface area contributed by atoms with Crippen molar-refractivity contribution in [2.24, 2.45) is 0 Å². The summed E-state index contributed by atoms with van der Waals surface area (Å²) in [5.41, 5.74) is 0. The Balaban J connectivity index is 2.46. The molecule has 0 atom stereocenters. The average molecular weight is 291 g/mol. The van der Waals surface area contributed by atoms with Gasteiger partial charge in [0.05, 0.1) is 18.2 Å². The number of pyridine rings is 1. The standard InChI is InChI=1S/C11H15ClN2O3S/c1-2-3-7-17-8-6-14-18(15,16)11-9-13-5-4-10(11)12/h2,4-5,9,14H,1,3,6-8H2. The van der Waals surface area contributed by atoms with Crippen LogP contribution in [0.1, 0.15) is 6.42 Å². The minimum absolute atomic E-state index is 0.0299. The SMILES string of the molecule is C=CCCOCCNS(=O)(=O)c1cnccc1Cl. The van der Waals surface area contributed by atoms with Gasteiger partial charge in [0.25, 0.3) is 0 Å². The Morgan fingerprint density at radius 2 is 2.28 bits per heavy atom. The fourth-order valence-electron chi connectivity index (χ4n) is 1.16. The smallest absolute Gasteiger partial charge is 0.243 e. The van der Waals surface area contributed by atoms with Crippen LogP contribution >= 0.6 is 11.6 Å². The second-order valence-electron chi connectivity index (χ2n) is 3.39. The molecule has 0 radical (unpaired) electrons. The molecule has 0 saturated carbocycles. The molecule has 0 fully saturated rings. The molecule has 18 heavy (non-hydrogen) atoms. The molecule has 0 aliphatic rings. The van der Waals surface area contributed by atoms with Crippen LogP contribution < -0.4 is 4.72 Å². The molecule has 0 aliphatic heterocycles. The molecule has 1 N–H and O–H groups in total. The molecule has 0 amide bonds. The van der Waals surface area contributed by atoms with Crippen LogP contribution in [0.3, 0.4) is 0 Å². The predicted octanol–water partition coefficient (Wildman–Crippen LogP) is 1.61. The van der Waals surface area contributed by atoms with Crippen LogP contribution in [0, 0.1) is 0 Å². The Hall–Kier alpha value is -0.950. The van der Waals surface area contributed by atoms with E-state index in [9.17, 15) is 8.42 Å². The zero-order valence-electron chi connectivity index (χ0n) is 9.80. The Bertz CT molecular complexity index is 491. The number of hydrogen-bond donors (Lipinski definition) is 1. The van der Waals surface area contributed by atoms with Crippen molar-refractivity contribution in [2.45, 2.75) is 11.3 Å². The summed E-state index contributed by atoms with van der Waals surface area (Å²) >= 11 is 5.79. The third-order valence-electron chi connectivity index (χ3n) is 2.03. The van der Waals surface area contributed by atoms with E-state index in [1.54, 1.807) is 6.08 Å². The summed E-state index contributed by atoms with van der Waals surface area (Å²) in [6.07, 6.45) is 5.11. The van der Waals surface area contributed by atoms with E-state index in [0.717, 1.165) is 6.42 Å². The molecule has 1 rings (SSSR count). The van der Waals surface area contributed by atoms with E-state index in [1.165, 1.54) is 18.5 Å². The number of halogens is 1. The molecule has 0 spiro atoms. The summed E-state index contributed by atoms with van der Waals surface area (Å²) in [5.74, 6) is 0. The monoisotopic (exact) mass is 290 g/mol. The summed E-state index contributed by atoms with van der Waals surface area (Å²) in [4.78, 5) is 3.70. The molecule has 0 unspecified atom stereocenters. The highest BCUT2D eigenvalue weighted by Crippen LogP contribution is 2.18. The van der Waals surface area contributed by atoms with E-state index in [-0.39, 0.29) is 16.5 Å². The van der Waals surface area contributed by atoms with Gasteiger partial charge < -0.3 is 4.74 Å². The van der Waals surface area contributed by atoms with Gasteiger partial charge in [-0.2, -0.15) is 0 Å². The minimum Gasteiger partial charge on any atom is -0.380 e. The first kappa shape index (κ1) is 15.1. The van der Waals surface area contributed by atoms with Crippen molar-refractivity contribution in [3.05, 3.63) is 36.1 Å². The number of rotatable bonds is 8. The number of ether oxygens (including phenoxy) is 1. The highest BCUT2D eigenvalue weighted by Gasteiger charge is 2.16. The zero-order valence-corrected chi connectivity index (χ0v) is 11.4. The van der Waals surface area contributed by atoms with Crippen molar-refractivity contribution in [1.82, 2.24) is 9.71 Å². The van der Waals surface area contributed by atoms with E-state index in [1.807, 2.05) is 0 Å². The number of aromatic nitrogens is 1. The topological polar surface area (TPSA) is 68.3 Å². The lowest BCUT2D eigenvalue weighted by Gasteiger charge is -2.07. The van der Waals surface area contributed by atoms with Crippen LogP contribution in [0.15, 0.2) is 36.0 Å². The molecule has 1 aromatic heterocycles. The Labute approximate surface area is 112 Å².